The molecular weight excluding hydrogens is 745 g/mol. The summed E-state index contributed by atoms with van der Waals surface area (Å²) in [6.45, 7) is 42.0. The van der Waals surface area contributed by atoms with Gasteiger partial charge < -0.3 is 14.5 Å². The van der Waals surface area contributed by atoms with Crippen molar-refractivity contribution in [2.45, 2.75) is 152 Å². The first kappa shape index (κ1) is 44.0. The van der Waals surface area contributed by atoms with E-state index in [1.54, 1.807) is 0 Å². The Kier molecular flexibility index (Phi) is 10.7. The molecule has 5 heteroatoms. The lowest BCUT2D eigenvalue weighted by atomic mass is 9.80. The molecule has 0 unspecified atom stereocenters. The molecule has 0 aliphatic carbocycles. The van der Waals surface area contributed by atoms with Crippen molar-refractivity contribution < 1.29 is 4.74 Å². The molecule has 0 saturated carbocycles. The number of hydrogen-bond donors (Lipinski definition) is 0. The molecule has 61 heavy (non-hydrogen) atoms. The molecule has 1 aliphatic rings. The van der Waals surface area contributed by atoms with Gasteiger partial charge in [0.25, 0.3) is 0 Å². The summed E-state index contributed by atoms with van der Waals surface area (Å²) in [6, 6.07) is 31.8. The average Bonchev–Trinajstić information content (AvgIpc) is 3.73. The lowest BCUT2D eigenvalue weighted by Gasteiger charge is -2.34. The molecule has 0 saturated heterocycles. The van der Waals surface area contributed by atoms with E-state index >= 15 is 0 Å². The molecule has 0 amide bonds. The predicted octanol–water partition coefficient (Wildman–Crippen LogP) is 15.6. The largest absolute Gasteiger partial charge is 0.457 e. The van der Waals surface area contributed by atoms with Gasteiger partial charge in [0.1, 0.15) is 17.3 Å². The summed E-state index contributed by atoms with van der Waals surface area (Å²) in [4.78, 5) is 9.90. The number of nitrogens with zero attached hydrogens (tertiary/aromatic N) is 4. The molecule has 4 aromatic carbocycles. The van der Waals surface area contributed by atoms with Gasteiger partial charge in [-0.2, -0.15) is 0 Å². The normalized spacial score (nSPS) is 14.7. The zero-order valence-electron chi connectivity index (χ0n) is 40.6. The quantitative estimate of drug-likeness (QED) is 0.174. The third-order valence-electron chi connectivity index (χ3n) is 12.4. The van der Waals surface area contributed by atoms with Crippen LogP contribution in [-0.2, 0) is 27.1 Å². The van der Waals surface area contributed by atoms with Crippen molar-refractivity contribution in [1.29, 1.82) is 0 Å². The van der Waals surface area contributed by atoms with E-state index in [1.807, 2.05) is 6.20 Å². The Labute approximate surface area is 367 Å². The number of fused-ring (bicyclic) bond motifs is 3. The number of allylic oxidation sites excluding steroid dienone is 1. The zero-order valence-corrected chi connectivity index (χ0v) is 40.6. The van der Waals surface area contributed by atoms with Crippen molar-refractivity contribution in [3.63, 3.8) is 0 Å². The highest BCUT2D eigenvalue weighted by atomic mass is 16.5. The maximum absolute atomic E-state index is 6.98. The van der Waals surface area contributed by atoms with Crippen LogP contribution < -0.4 is 14.5 Å². The predicted molar refractivity (Wildman–Crippen MR) is 262 cm³/mol. The van der Waals surface area contributed by atoms with Gasteiger partial charge in [-0.05, 0) is 116 Å². The Morgan fingerprint density at radius 2 is 1.00 bits per heavy atom. The van der Waals surface area contributed by atoms with Crippen molar-refractivity contribution in [3.05, 3.63) is 131 Å². The third-order valence-corrected chi connectivity index (χ3v) is 12.4. The summed E-state index contributed by atoms with van der Waals surface area (Å²) in [6.07, 6.45) is 4.31. The molecule has 0 atom stereocenters. The average molecular weight is 817 g/mol. The van der Waals surface area contributed by atoms with Crippen molar-refractivity contribution in [2.75, 3.05) is 16.5 Å². The first-order valence-electron chi connectivity index (χ1n) is 22.3. The minimum atomic E-state index is -0.0996. The lowest BCUT2D eigenvalue weighted by Crippen LogP contribution is -2.31. The van der Waals surface area contributed by atoms with Gasteiger partial charge in [-0.3, -0.25) is 4.57 Å². The van der Waals surface area contributed by atoms with E-state index in [1.165, 1.54) is 50.0 Å². The van der Waals surface area contributed by atoms with E-state index in [-0.39, 0.29) is 32.5 Å². The number of aromatic nitrogens is 2. The molecule has 322 valence electrons. The maximum atomic E-state index is 6.98. The van der Waals surface area contributed by atoms with Crippen molar-refractivity contribution in [1.82, 2.24) is 9.55 Å². The van der Waals surface area contributed by atoms with E-state index in [2.05, 4.69) is 230 Å². The van der Waals surface area contributed by atoms with E-state index in [0.717, 1.165) is 34.0 Å². The molecule has 0 bridgehead atoms. The minimum Gasteiger partial charge on any atom is -0.457 e. The summed E-state index contributed by atoms with van der Waals surface area (Å²) < 4.78 is 9.30. The van der Waals surface area contributed by atoms with E-state index in [9.17, 15) is 0 Å². The molecule has 0 fully saturated rings. The third kappa shape index (κ3) is 8.99. The molecule has 0 spiro atoms. The van der Waals surface area contributed by atoms with Gasteiger partial charge in [-0.25, -0.2) is 4.98 Å². The molecule has 0 radical (unpaired) electrons. The molecule has 1 aliphatic heterocycles. The molecule has 3 heterocycles. The molecule has 2 aromatic heterocycles. The van der Waals surface area contributed by atoms with Crippen LogP contribution in [0, 0.1) is 5.41 Å². The van der Waals surface area contributed by atoms with E-state index in [0.29, 0.717) is 6.67 Å². The first-order valence-corrected chi connectivity index (χ1v) is 22.3. The van der Waals surface area contributed by atoms with Gasteiger partial charge in [0.15, 0.2) is 0 Å². The molecular formula is C56H72N4O. The van der Waals surface area contributed by atoms with Crippen LogP contribution in [0.15, 0.2) is 103 Å². The van der Waals surface area contributed by atoms with Crippen LogP contribution in [0.2, 0.25) is 0 Å². The highest BCUT2D eigenvalue weighted by Gasteiger charge is 2.34. The number of ether oxygens (including phenoxy) is 1. The van der Waals surface area contributed by atoms with Gasteiger partial charge in [0.05, 0.1) is 17.7 Å². The summed E-state index contributed by atoms with van der Waals surface area (Å²) in [5.41, 5.74) is 12.2. The summed E-state index contributed by atoms with van der Waals surface area (Å²) >= 11 is 0. The monoisotopic (exact) mass is 817 g/mol. The minimum absolute atomic E-state index is 0.0130. The molecule has 0 N–H and O–H groups in total. The van der Waals surface area contributed by atoms with Crippen molar-refractivity contribution >= 4 is 33.2 Å². The van der Waals surface area contributed by atoms with Gasteiger partial charge in [0, 0.05) is 57.8 Å². The summed E-state index contributed by atoms with van der Waals surface area (Å²) in [7, 11) is 0. The summed E-state index contributed by atoms with van der Waals surface area (Å²) in [5.74, 6) is 2.52. The fourth-order valence-electron chi connectivity index (χ4n) is 8.26. The number of anilines is 2. The van der Waals surface area contributed by atoms with Crippen LogP contribution in [0.4, 0.5) is 11.4 Å². The zero-order chi connectivity index (χ0) is 44.8. The second-order valence-electron chi connectivity index (χ2n) is 23.8. The maximum Gasteiger partial charge on any atom is 0.137 e. The van der Waals surface area contributed by atoms with Crippen LogP contribution in [0.25, 0.3) is 27.6 Å². The van der Waals surface area contributed by atoms with Gasteiger partial charge in [0.2, 0.25) is 0 Å². The number of hydrogen-bond acceptors (Lipinski definition) is 4. The Balaban J connectivity index is 1.34. The standard InChI is InChI=1S/C56H72N4O/c1-51(2,3)36-19-22-47-46(30-36)45-21-20-43(33-48(45)60(47)50-31-37(23-24-57-50)52(4,5)6)61-44-29-40(55(13,14)15)26-41(32-44)58-34-49(56(16,17)18)59(35-58)42-27-38(53(7,8)9)25-39(28-42)54(10,11)12/h19-34H,35H2,1-18H3. The van der Waals surface area contributed by atoms with Crippen LogP contribution in [-0.4, -0.2) is 16.2 Å². The molecule has 6 aromatic rings. The van der Waals surface area contributed by atoms with Gasteiger partial charge in [-0.1, -0.05) is 137 Å². The van der Waals surface area contributed by atoms with Gasteiger partial charge in [-0.15, -0.1) is 0 Å². The second-order valence-corrected chi connectivity index (χ2v) is 23.8. The molecule has 5 nitrogen and oxygen atoms in total. The van der Waals surface area contributed by atoms with Crippen LogP contribution in [0.3, 0.4) is 0 Å². The van der Waals surface area contributed by atoms with Crippen molar-refractivity contribution in [3.8, 4) is 17.3 Å². The second kappa shape index (κ2) is 14.8. The number of pyridine rings is 1. The van der Waals surface area contributed by atoms with E-state index in [4.69, 9.17) is 9.72 Å². The van der Waals surface area contributed by atoms with Gasteiger partial charge >= 0.3 is 0 Å². The lowest BCUT2D eigenvalue weighted by molar-refractivity contribution is 0.479. The Morgan fingerprint density at radius 3 is 1.57 bits per heavy atom. The SMILES string of the molecule is CC(C)(C)C1=CN(c2cc(Oc3ccc4c5cc(C(C)(C)C)ccc5n(-c5cc(C(C)(C)C)ccn5)c4c3)cc(C(C)(C)C)c2)CN1c1cc(C(C)(C)C)cc(C(C)(C)C)c1. The Hall–Kier alpha value is -5.03. The number of benzene rings is 4. The topological polar surface area (TPSA) is 33.5 Å². The summed E-state index contributed by atoms with van der Waals surface area (Å²) in [5, 5.41) is 2.40. The highest BCUT2D eigenvalue weighted by molar-refractivity contribution is 6.09. The van der Waals surface area contributed by atoms with Crippen LogP contribution in [0.5, 0.6) is 11.5 Å². The van der Waals surface area contributed by atoms with Crippen molar-refractivity contribution in [2.24, 2.45) is 5.41 Å². The smallest absolute Gasteiger partial charge is 0.137 e. The highest BCUT2D eigenvalue weighted by Crippen LogP contribution is 2.44. The Bertz CT molecular complexity index is 2620. The van der Waals surface area contributed by atoms with E-state index < -0.39 is 0 Å². The Morgan fingerprint density at radius 1 is 0.443 bits per heavy atom. The fourth-order valence-corrected chi connectivity index (χ4v) is 8.26. The van der Waals surface area contributed by atoms with Crippen LogP contribution >= 0.6 is 0 Å². The van der Waals surface area contributed by atoms with Crippen LogP contribution in [0.1, 0.15) is 152 Å². The molecule has 7 rings (SSSR count). The first-order chi connectivity index (χ1) is 28.0. The number of rotatable bonds is 5. The fraction of sp³-hybridized carbons (Fsp3) is 0.446.